The topological polar surface area (TPSA) is 46.2 Å². The summed E-state index contributed by atoms with van der Waals surface area (Å²) in [4.78, 5) is 0. The molecule has 5 nitrogen and oxygen atoms in total. The summed E-state index contributed by atoms with van der Waals surface area (Å²) in [5, 5.41) is 0. The van der Waals surface area contributed by atoms with E-state index in [4.69, 9.17) is 35.3 Å². The number of ether oxygens (including phenoxy) is 5. The molecule has 0 saturated carbocycles. The first-order valence-electron chi connectivity index (χ1n) is 13.7. The van der Waals surface area contributed by atoms with E-state index in [1.807, 2.05) is 121 Å². The van der Waals surface area contributed by atoms with Crippen LogP contribution >= 0.6 is 11.6 Å². The second-order valence-electron chi connectivity index (χ2n) is 9.84. The van der Waals surface area contributed by atoms with Crippen LogP contribution in [0, 0.1) is 5.92 Å². The van der Waals surface area contributed by atoms with Crippen LogP contribution in [0.2, 0.25) is 0 Å². The molecular weight excluding hydrogens is 524 g/mol. The SMILES string of the molecule is ClC1OC(COCc2ccccc2)C(COc2ccccc2)C(OCc2ccccc2)C1OCc1ccccc1. The van der Waals surface area contributed by atoms with Crippen molar-refractivity contribution in [1.82, 2.24) is 0 Å². The number of halogens is 1. The summed E-state index contributed by atoms with van der Waals surface area (Å²) in [6.45, 7) is 1.99. The zero-order valence-corrected chi connectivity index (χ0v) is 23.1. The molecule has 0 bridgehead atoms. The van der Waals surface area contributed by atoms with Crippen LogP contribution in [-0.2, 0) is 38.8 Å². The fraction of sp³-hybridized carbons (Fsp3) is 0.294. The van der Waals surface area contributed by atoms with Crippen LogP contribution in [0.25, 0.3) is 0 Å². The molecule has 0 N–H and O–H groups in total. The molecule has 1 aliphatic heterocycles. The summed E-state index contributed by atoms with van der Waals surface area (Å²) in [7, 11) is 0. The summed E-state index contributed by atoms with van der Waals surface area (Å²) in [5.74, 6) is 0.582. The van der Waals surface area contributed by atoms with Crippen molar-refractivity contribution >= 4 is 11.6 Å². The molecule has 0 radical (unpaired) electrons. The van der Waals surface area contributed by atoms with E-state index in [1.54, 1.807) is 0 Å². The van der Waals surface area contributed by atoms with Gasteiger partial charge in [-0.1, -0.05) is 121 Å². The average molecular weight is 559 g/mol. The average Bonchev–Trinajstić information content (AvgIpc) is 3.01. The number of benzene rings is 4. The van der Waals surface area contributed by atoms with Gasteiger partial charge in [0, 0.05) is 0 Å². The molecule has 0 amide bonds. The van der Waals surface area contributed by atoms with E-state index in [0.717, 1.165) is 22.4 Å². The maximum atomic E-state index is 6.87. The summed E-state index contributed by atoms with van der Waals surface area (Å²) in [6, 6.07) is 40.0. The summed E-state index contributed by atoms with van der Waals surface area (Å²) >= 11 is 6.87. The predicted molar refractivity (Wildman–Crippen MR) is 156 cm³/mol. The Morgan fingerprint density at radius 3 is 1.57 bits per heavy atom. The van der Waals surface area contributed by atoms with Crippen molar-refractivity contribution in [2.24, 2.45) is 5.92 Å². The molecule has 5 atom stereocenters. The third-order valence-corrected chi connectivity index (χ3v) is 7.29. The van der Waals surface area contributed by atoms with Crippen LogP contribution in [-0.4, -0.2) is 37.1 Å². The molecule has 208 valence electrons. The van der Waals surface area contributed by atoms with Gasteiger partial charge < -0.3 is 23.7 Å². The Morgan fingerprint density at radius 2 is 1.02 bits per heavy atom. The maximum absolute atomic E-state index is 6.87. The smallest absolute Gasteiger partial charge is 0.160 e. The highest BCUT2D eigenvalue weighted by atomic mass is 35.5. The molecule has 5 unspecified atom stereocenters. The van der Waals surface area contributed by atoms with Crippen LogP contribution in [0.5, 0.6) is 5.75 Å². The molecule has 0 aliphatic carbocycles. The molecule has 4 aromatic rings. The minimum atomic E-state index is -0.720. The Kier molecular flexibility index (Phi) is 10.6. The highest BCUT2D eigenvalue weighted by molar-refractivity contribution is 6.20. The Morgan fingerprint density at radius 1 is 0.550 bits per heavy atom. The van der Waals surface area contributed by atoms with E-state index < -0.39 is 17.8 Å². The fourth-order valence-electron chi connectivity index (χ4n) is 4.81. The van der Waals surface area contributed by atoms with Crippen LogP contribution < -0.4 is 4.74 Å². The third kappa shape index (κ3) is 8.17. The highest BCUT2D eigenvalue weighted by Crippen LogP contribution is 2.34. The largest absolute Gasteiger partial charge is 0.493 e. The maximum Gasteiger partial charge on any atom is 0.160 e. The molecule has 6 heteroatoms. The molecule has 1 aliphatic rings. The lowest BCUT2D eigenvalue weighted by atomic mass is 9.90. The van der Waals surface area contributed by atoms with Gasteiger partial charge in [-0.05, 0) is 28.8 Å². The first-order valence-corrected chi connectivity index (χ1v) is 14.1. The van der Waals surface area contributed by atoms with Gasteiger partial charge in [-0.25, -0.2) is 0 Å². The van der Waals surface area contributed by atoms with Crippen LogP contribution in [0.15, 0.2) is 121 Å². The van der Waals surface area contributed by atoms with Gasteiger partial charge in [0.2, 0.25) is 0 Å². The van der Waals surface area contributed by atoms with Crippen molar-refractivity contribution in [3.05, 3.63) is 138 Å². The van der Waals surface area contributed by atoms with Crippen molar-refractivity contribution in [2.45, 2.75) is 43.7 Å². The zero-order valence-electron chi connectivity index (χ0n) is 22.4. The molecule has 5 rings (SSSR count). The molecule has 0 aromatic heterocycles. The van der Waals surface area contributed by atoms with Gasteiger partial charge in [0.1, 0.15) is 11.9 Å². The number of hydrogen-bond acceptors (Lipinski definition) is 5. The van der Waals surface area contributed by atoms with Crippen molar-refractivity contribution in [1.29, 1.82) is 0 Å². The predicted octanol–water partition coefficient (Wildman–Crippen LogP) is 7.03. The van der Waals surface area contributed by atoms with Crippen LogP contribution in [0.3, 0.4) is 0 Å². The Balaban J connectivity index is 1.36. The van der Waals surface area contributed by atoms with Crippen molar-refractivity contribution in [2.75, 3.05) is 13.2 Å². The Bertz CT molecular complexity index is 1240. The van der Waals surface area contributed by atoms with Crippen molar-refractivity contribution in [3.8, 4) is 5.75 Å². The lowest BCUT2D eigenvalue weighted by Gasteiger charge is -2.44. The van der Waals surface area contributed by atoms with E-state index in [1.165, 1.54) is 0 Å². The Hall–Kier alpha value is -3.19. The lowest BCUT2D eigenvalue weighted by Crippen LogP contribution is -2.57. The monoisotopic (exact) mass is 558 g/mol. The fourth-order valence-corrected chi connectivity index (χ4v) is 5.16. The molecular formula is C34H35ClO5. The second-order valence-corrected chi connectivity index (χ2v) is 10.3. The number of hydrogen-bond donors (Lipinski definition) is 0. The van der Waals surface area contributed by atoms with Crippen molar-refractivity contribution in [3.63, 3.8) is 0 Å². The first-order chi connectivity index (χ1) is 19.8. The quantitative estimate of drug-likeness (QED) is 0.165. The van der Waals surface area contributed by atoms with E-state index in [2.05, 4.69) is 0 Å². The summed E-state index contributed by atoms with van der Waals surface area (Å²) in [6.07, 6.45) is -1.26. The van der Waals surface area contributed by atoms with Gasteiger partial charge >= 0.3 is 0 Å². The van der Waals surface area contributed by atoms with Crippen LogP contribution in [0.4, 0.5) is 0 Å². The van der Waals surface area contributed by atoms with E-state index in [9.17, 15) is 0 Å². The molecule has 40 heavy (non-hydrogen) atoms. The van der Waals surface area contributed by atoms with Gasteiger partial charge in [-0.2, -0.15) is 0 Å². The first kappa shape index (κ1) is 28.3. The van der Waals surface area contributed by atoms with Gasteiger partial charge in [0.05, 0.1) is 51.2 Å². The molecule has 1 fully saturated rings. The van der Waals surface area contributed by atoms with E-state index in [-0.39, 0.29) is 12.0 Å². The van der Waals surface area contributed by atoms with E-state index >= 15 is 0 Å². The Labute approximate surface area is 241 Å². The lowest BCUT2D eigenvalue weighted by molar-refractivity contribution is -0.228. The molecule has 4 aromatic carbocycles. The summed E-state index contributed by atoms with van der Waals surface area (Å²) < 4.78 is 31.8. The van der Waals surface area contributed by atoms with Gasteiger partial charge in [-0.15, -0.1) is 0 Å². The third-order valence-electron chi connectivity index (χ3n) is 6.94. The standard InChI is InChI=1S/C34H35ClO5/c35-34-33(39-23-28-17-9-3-10-18-28)32(38-22-27-15-7-2-8-16-27)30(24-37-29-19-11-4-12-20-29)31(40-34)25-36-21-26-13-5-1-6-14-26/h1-20,30-34H,21-25H2. The minimum Gasteiger partial charge on any atom is -0.493 e. The normalized spacial score (nSPS) is 22.6. The number of rotatable bonds is 13. The van der Waals surface area contributed by atoms with Gasteiger partial charge in [0.15, 0.2) is 5.56 Å². The molecule has 1 heterocycles. The van der Waals surface area contributed by atoms with Gasteiger partial charge in [-0.3, -0.25) is 0 Å². The highest BCUT2D eigenvalue weighted by Gasteiger charge is 2.47. The number of alkyl halides is 1. The van der Waals surface area contributed by atoms with Crippen LogP contribution in [0.1, 0.15) is 16.7 Å². The number of para-hydroxylation sites is 1. The van der Waals surface area contributed by atoms with Crippen molar-refractivity contribution < 1.29 is 23.7 Å². The molecule has 1 saturated heterocycles. The van der Waals surface area contributed by atoms with Gasteiger partial charge in [0.25, 0.3) is 0 Å². The molecule has 0 spiro atoms. The second kappa shape index (κ2) is 15.0. The van der Waals surface area contributed by atoms with E-state index in [0.29, 0.717) is 33.0 Å². The summed E-state index contributed by atoms with van der Waals surface area (Å²) in [5.41, 5.74) is 2.50. The zero-order chi connectivity index (χ0) is 27.4. The minimum absolute atomic E-state index is 0.199.